The molecule has 7 heteroatoms. The maximum atomic E-state index is 13.6. The van der Waals surface area contributed by atoms with Crippen molar-refractivity contribution in [1.82, 2.24) is 4.57 Å². The minimum atomic E-state index is -0.960. The Balaban J connectivity index is 1.65. The van der Waals surface area contributed by atoms with Gasteiger partial charge in [0.05, 0.1) is 24.9 Å². The van der Waals surface area contributed by atoms with Crippen LogP contribution in [0.5, 0.6) is 5.75 Å². The molecule has 0 saturated heterocycles. The fraction of sp³-hybridized carbons (Fsp3) is 0.261. The molecule has 3 heterocycles. The average Bonchev–Trinajstić information content (AvgIpc) is 3.10. The first kappa shape index (κ1) is 18.4. The zero-order chi connectivity index (χ0) is 21.0. The molecule has 2 aliphatic heterocycles. The van der Waals surface area contributed by atoms with E-state index in [0.717, 1.165) is 17.5 Å². The number of ether oxygens (including phenoxy) is 2. The molecule has 7 nitrogen and oxygen atoms in total. The second kappa shape index (κ2) is 6.73. The summed E-state index contributed by atoms with van der Waals surface area (Å²) in [6.45, 7) is 2.03. The van der Waals surface area contributed by atoms with Gasteiger partial charge in [-0.3, -0.25) is 9.59 Å². The number of fused-ring (bicyclic) bond motifs is 1. The van der Waals surface area contributed by atoms with E-state index >= 15 is 0 Å². The van der Waals surface area contributed by atoms with Crippen LogP contribution in [0.25, 0.3) is 10.9 Å². The summed E-state index contributed by atoms with van der Waals surface area (Å²) in [5, 5.41) is 0.536. The summed E-state index contributed by atoms with van der Waals surface area (Å²) >= 11 is 0. The van der Waals surface area contributed by atoms with Gasteiger partial charge in [0.2, 0.25) is 11.5 Å². The molecule has 0 bridgehead atoms. The van der Waals surface area contributed by atoms with Gasteiger partial charge >= 0.3 is 5.97 Å². The molecule has 3 aromatic rings. The number of rotatable bonds is 2. The maximum absolute atomic E-state index is 13.6. The van der Waals surface area contributed by atoms with Crippen LogP contribution >= 0.6 is 0 Å². The van der Waals surface area contributed by atoms with E-state index in [1.165, 1.54) is 12.0 Å². The fourth-order valence-electron chi connectivity index (χ4n) is 4.39. The standard InChI is InChI=1S/C23H20N2O5/c1-13-10-14-6-5-7-15-20(14)24(13)11-16(21(15)26)22(27)25-12-19(23(28)29-2)30-18-9-4-3-8-17(18)25/h3-9,11,13,19H,10,12H2,1-2H3/t13-,19-/m1/s1. The van der Waals surface area contributed by atoms with Crippen molar-refractivity contribution in [2.24, 2.45) is 0 Å². The van der Waals surface area contributed by atoms with Crippen molar-refractivity contribution in [3.05, 3.63) is 70.0 Å². The van der Waals surface area contributed by atoms with Crippen molar-refractivity contribution in [3.8, 4) is 5.75 Å². The van der Waals surface area contributed by atoms with E-state index < -0.39 is 18.0 Å². The Morgan fingerprint density at radius 2 is 1.93 bits per heavy atom. The minimum Gasteiger partial charge on any atom is -0.475 e. The Labute approximate surface area is 172 Å². The highest BCUT2D eigenvalue weighted by atomic mass is 16.6. The number of carbonyl (C=O) groups is 2. The Bertz CT molecular complexity index is 1260. The number of aromatic nitrogens is 1. The van der Waals surface area contributed by atoms with Gasteiger partial charge < -0.3 is 18.9 Å². The SMILES string of the molecule is COC(=O)[C@H]1CN(C(=O)c2cn3c4c(cccc4c2=O)C[C@H]3C)c2ccccc2O1. The zero-order valence-electron chi connectivity index (χ0n) is 16.6. The van der Waals surface area contributed by atoms with Gasteiger partial charge in [-0.05, 0) is 37.1 Å². The van der Waals surface area contributed by atoms with E-state index in [4.69, 9.17) is 9.47 Å². The van der Waals surface area contributed by atoms with Crippen LogP contribution in [-0.4, -0.2) is 36.2 Å². The number of hydrogen-bond acceptors (Lipinski definition) is 5. The number of methoxy groups -OCH3 is 1. The molecule has 2 aliphatic rings. The molecule has 0 aliphatic carbocycles. The number of carbonyl (C=O) groups excluding carboxylic acids is 2. The number of hydrogen-bond donors (Lipinski definition) is 0. The van der Waals surface area contributed by atoms with Gasteiger partial charge in [-0.2, -0.15) is 0 Å². The molecule has 30 heavy (non-hydrogen) atoms. The smallest absolute Gasteiger partial charge is 0.348 e. The molecule has 0 unspecified atom stereocenters. The molecule has 2 aromatic carbocycles. The lowest BCUT2D eigenvalue weighted by atomic mass is 10.1. The summed E-state index contributed by atoms with van der Waals surface area (Å²) in [4.78, 5) is 40.4. The predicted octanol–water partition coefficient (Wildman–Crippen LogP) is 2.70. The Kier molecular flexibility index (Phi) is 4.13. The van der Waals surface area contributed by atoms with Gasteiger partial charge in [0.25, 0.3) is 5.91 Å². The molecule has 1 aromatic heterocycles. The largest absolute Gasteiger partial charge is 0.475 e. The molecular formula is C23H20N2O5. The normalized spacial score (nSPS) is 19.3. The third-order valence-electron chi connectivity index (χ3n) is 5.84. The first-order chi connectivity index (χ1) is 14.5. The Hall–Kier alpha value is -3.61. The summed E-state index contributed by atoms with van der Waals surface area (Å²) in [6.07, 6.45) is 1.51. The third-order valence-corrected chi connectivity index (χ3v) is 5.84. The van der Waals surface area contributed by atoms with Crippen LogP contribution in [0.15, 0.2) is 53.5 Å². The molecule has 0 spiro atoms. The second-order valence-corrected chi connectivity index (χ2v) is 7.66. The van der Waals surface area contributed by atoms with Gasteiger partial charge in [0.15, 0.2) is 0 Å². The summed E-state index contributed by atoms with van der Waals surface area (Å²) in [7, 11) is 1.27. The highest BCUT2D eigenvalue weighted by Crippen LogP contribution is 2.35. The average molecular weight is 404 g/mol. The second-order valence-electron chi connectivity index (χ2n) is 7.66. The summed E-state index contributed by atoms with van der Waals surface area (Å²) in [5.74, 6) is -0.636. The summed E-state index contributed by atoms with van der Waals surface area (Å²) < 4.78 is 12.5. The van der Waals surface area contributed by atoms with E-state index in [9.17, 15) is 14.4 Å². The van der Waals surface area contributed by atoms with Crippen LogP contribution in [0.1, 0.15) is 28.9 Å². The van der Waals surface area contributed by atoms with Crippen LogP contribution in [0.2, 0.25) is 0 Å². The molecule has 5 rings (SSSR count). The number of amides is 1. The number of benzene rings is 2. The van der Waals surface area contributed by atoms with Gasteiger partial charge in [-0.1, -0.05) is 24.3 Å². The summed E-state index contributed by atoms with van der Waals surface area (Å²) in [5.41, 5.74) is 2.29. The van der Waals surface area contributed by atoms with Crippen LogP contribution in [-0.2, 0) is 16.0 Å². The lowest BCUT2D eigenvalue weighted by molar-refractivity contribution is -0.148. The maximum Gasteiger partial charge on any atom is 0.348 e. The van der Waals surface area contributed by atoms with Crippen LogP contribution < -0.4 is 15.1 Å². The van der Waals surface area contributed by atoms with Gasteiger partial charge in [0, 0.05) is 17.6 Å². The van der Waals surface area contributed by atoms with E-state index in [-0.39, 0.29) is 23.6 Å². The van der Waals surface area contributed by atoms with Gasteiger partial charge in [0.1, 0.15) is 11.3 Å². The van der Waals surface area contributed by atoms with Crippen molar-refractivity contribution in [2.45, 2.75) is 25.5 Å². The topological polar surface area (TPSA) is 77.8 Å². The van der Waals surface area contributed by atoms with Crippen molar-refractivity contribution in [2.75, 3.05) is 18.6 Å². The highest BCUT2D eigenvalue weighted by Gasteiger charge is 2.36. The molecule has 0 saturated carbocycles. The van der Waals surface area contributed by atoms with Gasteiger partial charge in [-0.25, -0.2) is 4.79 Å². The molecule has 0 N–H and O–H groups in total. The molecule has 152 valence electrons. The van der Waals surface area contributed by atoms with Crippen LogP contribution in [0, 0.1) is 0 Å². The number of esters is 1. The predicted molar refractivity (Wildman–Crippen MR) is 111 cm³/mol. The Morgan fingerprint density at radius 3 is 2.73 bits per heavy atom. The van der Waals surface area contributed by atoms with Gasteiger partial charge in [-0.15, -0.1) is 0 Å². The number of pyridine rings is 1. The van der Waals surface area contributed by atoms with Crippen molar-refractivity contribution in [3.63, 3.8) is 0 Å². The fourth-order valence-corrected chi connectivity index (χ4v) is 4.39. The van der Waals surface area contributed by atoms with Crippen molar-refractivity contribution >= 4 is 28.5 Å². The van der Waals surface area contributed by atoms with E-state index in [2.05, 4.69) is 6.92 Å². The van der Waals surface area contributed by atoms with Crippen LogP contribution in [0.4, 0.5) is 5.69 Å². The van der Waals surface area contributed by atoms with E-state index in [1.54, 1.807) is 36.5 Å². The highest BCUT2D eigenvalue weighted by molar-refractivity contribution is 6.09. The zero-order valence-corrected chi connectivity index (χ0v) is 16.6. The quantitative estimate of drug-likeness (QED) is 0.614. The lowest BCUT2D eigenvalue weighted by Gasteiger charge is -2.33. The third kappa shape index (κ3) is 2.62. The van der Waals surface area contributed by atoms with Crippen molar-refractivity contribution < 1.29 is 19.1 Å². The number of nitrogens with zero attached hydrogens (tertiary/aromatic N) is 2. The van der Waals surface area contributed by atoms with Crippen LogP contribution in [0.3, 0.4) is 0 Å². The molecule has 0 radical (unpaired) electrons. The van der Waals surface area contributed by atoms with Crippen molar-refractivity contribution in [1.29, 1.82) is 0 Å². The van der Waals surface area contributed by atoms with E-state index in [0.29, 0.717) is 16.8 Å². The minimum absolute atomic E-state index is 0.0322. The number of anilines is 1. The molecule has 1 amide bonds. The molecular weight excluding hydrogens is 384 g/mol. The summed E-state index contributed by atoms with van der Waals surface area (Å²) in [6, 6.07) is 12.7. The number of para-hydroxylation sites is 3. The first-order valence-electron chi connectivity index (χ1n) is 9.81. The first-order valence-corrected chi connectivity index (χ1v) is 9.81. The lowest BCUT2D eigenvalue weighted by Crippen LogP contribution is -2.48. The Morgan fingerprint density at radius 1 is 1.13 bits per heavy atom. The molecule has 2 atom stereocenters. The molecule has 0 fully saturated rings. The van der Waals surface area contributed by atoms with E-state index in [1.807, 2.05) is 16.7 Å². The monoisotopic (exact) mass is 404 g/mol.